The van der Waals surface area contributed by atoms with Gasteiger partial charge < -0.3 is 15.4 Å². The molecule has 0 fully saturated rings. The Kier molecular flexibility index (Phi) is 7.54. The van der Waals surface area contributed by atoms with Crippen LogP contribution in [0.5, 0.6) is 0 Å². The van der Waals surface area contributed by atoms with Gasteiger partial charge in [0.25, 0.3) is 5.91 Å². The lowest BCUT2D eigenvalue weighted by atomic mass is 9.99. The smallest absolute Gasteiger partial charge is 0.338 e. The van der Waals surface area contributed by atoms with E-state index >= 15 is 0 Å². The Balaban J connectivity index is 1.59. The molecule has 1 atom stereocenters. The number of carbonyl (C=O) groups excluding carboxylic acids is 3. The second-order valence-corrected chi connectivity index (χ2v) is 7.06. The Labute approximate surface area is 181 Å². The maximum absolute atomic E-state index is 12.5. The Morgan fingerprint density at radius 2 is 1.45 bits per heavy atom. The number of esters is 1. The van der Waals surface area contributed by atoms with E-state index in [9.17, 15) is 14.4 Å². The standard InChI is InChI=1S/C25H24N2O4/c1-18(28)26-22-14-12-21(13-15-22)25(30)31-17-24(29)27-23(20-10-6-3-7-11-20)16-19-8-4-2-5-9-19/h2-15,23H,16-17H2,1H3,(H,26,28)(H,27,29). The SMILES string of the molecule is CC(=O)Nc1ccc(C(=O)OCC(=O)NC(Cc2ccccc2)c2ccccc2)cc1. The number of nitrogens with one attached hydrogen (secondary N) is 2. The molecule has 0 spiro atoms. The van der Waals surface area contributed by atoms with Crippen LogP contribution in [0.4, 0.5) is 5.69 Å². The number of hydrogen-bond acceptors (Lipinski definition) is 4. The van der Waals surface area contributed by atoms with Crippen LogP contribution in [0.1, 0.15) is 34.5 Å². The number of amides is 2. The van der Waals surface area contributed by atoms with E-state index in [0.29, 0.717) is 17.7 Å². The highest BCUT2D eigenvalue weighted by molar-refractivity contribution is 5.93. The summed E-state index contributed by atoms with van der Waals surface area (Å²) in [5, 5.41) is 5.58. The van der Waals surface area contributed by atoms with Gasteiger partial charge in [-0.3, -0.25) is 9.59 Å². The largest absolute Gasteiger partial charge is 0.452 e. The molecule has 0 saturated heterocycles. The Hall–Kier alpha value is -3.93. The number of benzene rings is 3. The monoisotopic (exact) mass is 416 g/mol. The first kappa shape index (κ1) is 21.8. The molecule has 0 bridgehead atoms. The average molecular weight is 416 g/mol. The molecule has 3 aromatic rings. The van der Waals surface area contributed by atoms with Crippen LogP contribution in [0.2, 0.25) is 0 Å². The van der Waals surface area contributed by atoms with Crippen molar-refractivity contribution in [2.75, 3.05) is 11.9 Å². The topological polar surface area (TPSA) is 84.5 Å². The first-order chi connectivity index (χ1) is 15.0. The highest BCUT2D eigenvalue weighted by Gasteiger charge is 2.17. The van der Waals surface area contributed by atoms with Gasteiger partial charge in [-0.25, -0.2) is 4.79 Å². The summed E-state index contributed by atoms with van der Waals surface area (Å²) in [4.78, 5) is 35.8. The highest BCUT2D eigenvalue weighted by atomic mass is 16.5. The molecule has 0 radical (unpaired) electrons. The van der Waals surface area contributed by atoms with Crippen LogP contribution in [0.3, 0.4) is 0 Å². The van der Waals surface area contributed by atoms with Crippen molar-refractivity contribution in [1.29, 1.82) is 0 Å². The fourth-order valence-electron chi connectivity index (χ4n) is 3.13. The molecule has 1 unspecified atom stereocenters. The highest BCUT2D eigenvalue weighted by Crippen LogP contribution is 2.18. The molecule has 6 heteroatoms. The van der Waals surface area contributed by atoms with Gasteiger partial charge in [0.15, 0.2) is 6.61 Å². The summed E-state index contributed by atoms with van der Waals surface area (Å²) >= 11 is 0. The normalized spacial score (nSPS) is 11.3. The number of anilines is 1. The molecule has 2 amide bonds. The molecule has 0 aliphatic heterocycles. The summed E-state index contributed by atoms with van der Waals surface area (Å²) in [6, 6.07) is 25.6. The molecule has 3 rings (SSSR count). The van der Waals surface area contributed by atoms with Gasteiger partial charge in [-0.15, -0.1) is 0 Å². The quantitative estimate of drug-likeness (QED) is 0.546. The average Bonchev–Trinajstić information content (AvgIpc) is 2.78. The van der Waals surface area contributed by atoms with Crippen LogP contribution in [0.25, 0.3) is 0 Å². The van der Waals surface area contributed by atoms with Gasteiger partial charge >= 0.3 is 5.97 Å². The predicted octanol–water partition coefficient (Wildman–Crippen LogP) is 3.90. The van der Waals surface area contributed by atoms with Crippen molar-refractivity contribution in [3.63, 3.8) is 0 Å². The lowest BCUT2D eigenvalue weighted by molar-refractivity contribution is -0.125. The molecule has 2 N–H and O–H groups in total. The molecule has 0 saturated carbocycles. The van der Waals surface area contributed by atoms with Crippen LogP contribution in [0, 0.1) is 0 Å². The molecule has 6 nitrogen and oxygen atoms in total. The van der Waals surface area contributed by atoms with Crippen LogP contribution in [-0.2, 0) is 20.7 Å². The van der Waals surface area contributed by atoms with Crippen molar-refractivity contribution in [1.82, 2.24) is 5.32 Å². The molecule has 0 aliphatic carbocycles. The van der Waals surface area contributed by atoms with Crippen LogP contribution in [-0.4, -0.2) is 24.4 Å². The lowest BCUT2D eigenvalue weighted by Gasteiger charge is -2.19. The summed E-state index contributed by atoms with van der Waals surface area (Å²) < 4.78 is 5.16. The molecule has 31 heavy (non-hydrogen) atoms. The second kappa shape index (κ2) is 10.7. The van der Waals surface area contributed by atoms with Crippen LogP contribution < -0.4 is 10.6 Å². The molecule has 3 aromatic carbocycles. The van der Waals surface area contributed by atoms with Gasteiger partial charge in [0.1, 0.15) is 0 Å². The van der Waals surface area contributed by atoms with Gasteiger partial charge in [-0.05, 0) is 41.8 Å². The van der Waals surface area contributed by atoms with Gasteiger partial charge in [0.2, 0.25) is 5.91 Å². The number of ether oxygens (including phenoxy) is 1. The summed E-state index contributed by atoms with van der Waals surface area (Å²) in [7, 11) is 0. The summed E-state index contributed by atoms with van der Waals surface area (Å²) in [6.45, 7) is 1.02. The zero-order chi connectivity index (χ0) is 22.1. The Morgan fingerprint density at radius 1 is 0.839 bits per heavy atom. The molecular weight excluding hydrogens is 392 g/mol. The minimum atomic E-state index is -0.608. The molecular formula is C25H24N2O4. The minimum absolute atomic E-state index is 0.199. The number of carbonyl (C=O) groups is 3. The van der Waals surface area contributed by atoms with E-state index < -0.39 is 5.97 Å². The van der Waals surface area contributed by atoms with Crippen molar-refractivity contribution in [3.05, 3.63) is 102 Å². The maximum atomic E-state index is 12.5. The molecule has 0 aromatic heterocycles. The maximum Gasteiger partial charge on any atom is 0.338 e. The molecule has 158 valence electrons. The predicted molar refractivity (Wildman–Crippen MR) is 118 cm³/mol. The molecule has 0 heterocycles. The van der Waals surface area contributed by atoms with E-state index in [2.05, 4.69) is 10.6 Å². The van der Waals surface area contributed by atoms with Crippen molar-refractivity contribution < 1.29 is 19.1 Å². The summed E-state index contributed by atoms with van der Waals surface area (Å²) in [5.41, 5.74) is 2.94. The van der Waals surface area contributed by atoms with Gasteiger partial charge in [-0.2, -0.15) is 0 Å². The number of hydrogen-bond donors (Lipinski definition) is 2. The van der Waals surface area contributed by atoms with Gasteiger partial charge in [0.05, 0.1) is 11.6 Å². The second-order valence-electron chi connectivity index (χ2n) is 7.06. The lowest BCUT2D eigenvalue weighted by Crippen LogP contribution is -2.33. The third-order valence-electron chi connectivity index (χ3n) is 4.60. The van der Waals surface area contributed by atoms with E-state index in [-0.39, 0.29) is 24.5 Å². The fraction of sp³-hybridized carbons (Fsp3) is 0.160. The first-order valence-electron chi connectivity index (χ1n) is 9.94. The molecule has 0 aliphatic rings. The summed E-state index contributed by atoms with van der Waals surface area (Å²) in [5.74, 6) is -1.19. The third-order valence-corrected chi connectivity index (χ3v) is 4.60. The Bertz CT molecular complexity index is 1020. The fourth-order valence-corrected chi connectivity index (χ4v) is 3.13. The van der Waals surface area contributed by atoms with E-state index in [1.54, 1.807) is 12.1 Å². The summed E-state index contributed by atoms with van der Waals surface area (Å²) in [6.07, 6.45) is 0.620. The van der Waals surface area contributed by atoms with E-state index in [1.807, 2.05) is 60.7 Å². The van der Waals surface area contributed by atoms with Crippen LogP contribution >= 0.6 is 0 Å². The van der Waals surface area contributed by atoms with Crippen molar-refractivity contribution in [3.8, 4) is 0 Å². The Morgan fingerprint density at radius 3 is 2.06 bits per heavy atom. The zero-order valence-corrected chi connectivity index (χ0v) is 17.2. The first-order valence-corrected chi connectivity index (χ1v) is 9.94. The van der Waals surface area contributed by atoms with E-state index in [1.165, 1.54) is 19.1 Å². The minimum Gasteiger partial charge on any atom is -0.452 e. The van der Waals surface area contributed by atoms with E-state index in [4.69, 9.17) is 4.74 Å². The zero-order valence-electron chi connectivity index (χ0n) is 17.2. The van der Waals surface area contributed by atoms with Crippen molar-refractivity contribution in [2.24, 2.45) is 0 Å². The van der Waals surface area contributed by atoms with Crippen LogP contribution in [0.15, 0.2) is 84.9 Å². The van der Waals surface area contributed by atoms with Gasteiger partial charge in [0, 0.05) is 12.6 Å². The van der Waals surface area contributed by atoms with Gasteiger partial charge in [-0.1, -0.05) is 60.7 Å². The van der Waals surface area contributed by atoms with Crippen molar-refractivity contribution >= 4 is 23.5 Å². The third kappa shape index (κ3) is 6.82. The van der Waals surface area contributed by atoms with Crippen molar-refractivity contribution in [2.45, 2.75) is 19.4 Å². The van der Waals surface area contributed by atoms with E-state index in [0.717, 1.165) is 11.1 Å². The number of rotatable bonds is 8.